The van der Waals surface area contributed by atoms with E-state index in [4.69, 9.17) is 5.11 Å². The summed E-state index contributed by atoms with van der Waals surface area (Å²) in [6.45, 7) is 2.55. The molecule has 0 heterocycles. The van der Waals surface area contributed by atoms with Crippen molar-refractivity contribution in [3.05, 3.63) is 35.1 Å². The molecule has 0 saturated heterocycles. The number of aliphatic hydroxyl groups is 1. The highest BCUT2D eigenvalue weighted by molar-refractivity contribution is 5.27. The van der Waals surface area contributed by atoms with Crippen LogP contribution in [0.25, 0.3) is 0 Å². The minimum Gasteiger partial charge on any atom is -0.395 e. The van der Waals surface area contributed by atoms with Crippen molar-refractivity contribution in [3.63, 3.8) is 0 Å². The van der Waals surface area contributed by atoms with Gasteiger partial charge in [0.1, 0.15) is 5.82 Å². The van der Waals surface area contributed by atoms with Crippen molar-refractivity contribution < 1.29 is 22.7 Å². The van der Waals surface area contributed by atoms with Gasteiger partial charge in [0.05, 0.1) is 12.2 Å². The van der Waals surface area contributed by atoms with Gasteiger partial charge in [-0.2, -0.15) is 13.2 Å². The van der Waals surface area contributed by atoms with Crippen LogP contribution < -0.4 is 0 Å². The fourth-order valence-corrected chi connectivity index (χ4v) is 1.60. The van der Waals surface area contributed by atoms with E-state index in [1.807, 2.05) is 0 Å². The Bertz CT molecular complexity index is 392. The predicted molar refractivity (Wildman–Crippen MR) is 59.4 cm³/mol. The molecular weight excluding hydrogens is 250 g/mol. The number of rotatable bonds is 5. The fourth-order valence-electron chi connectivity index (χ4n) is 1.60. The molecule has 1 N–H and O–H groups in total. The summed E-state index contributed by atoms with van der Waals surface area (Å²) in [5.41, 5.74) is -0.876. The zero-order chi connectivity index (χ0) is 13.8. The zero-order valence-electron chi connectivity index (χ0n) is 9.97. The molecule has 0 aliphatic heterocycles. The third-order valence-corrected chi connectivity index (χ3v) is 2.63. The number of nitrogens with zero attached hydrogens (tertiary/aromatic N) is 1. The average Bonchev–Trinajstić information content (AvgIpc) is 2.29. The van der Waals surface area contributed by atoms with Crippen LogP contribution in [0.2, 0.25) is 0 Å². The molecule has 0 radical (unpaired) electrons. The quantitative estimate of drug-likeness (QED) is 0.827. The van der Waals surface area contributed by atoms with E-state index in [9.17, 15) is 17.6 Å². The monoisotopic (exact) mass is 265 g/mol. The van der Waals surface area contributed by atoms with Crippen LogP contribution in [0.1, 0.15) is 18.1 Å². The van der Waals surface area contributed by atoms with Crippen molar-refractivity contribution in [2.75, 3.05) is 19.7 Å². The summed E-state index contributed by atoms with van der Waals surface area (Å²) in [5.74, 6) is -0.667. The van der Waals surface area contributed by atoms with Gasteiger partial charge in [0.15, 0.2) is 0 Å². The standard InChI is InChI=1S/C12H15F4NO/c1-2-17(5-6-18)8-9-7-10(12(14,15)16)3-4-11(9)13/h3-4,7,18H,2,5-6,8H2,1H3. The minimum atomic E-state index is -4.48. The number of benzene rings is 1. The van der Waals surface area contributed by atoms with Crippen molar-refractivity contribution in [1.82, 2.24) is 4.90 Å². The molecule has 0 aromatic heterocycles. The Hall–Kier alpha value is -1.14. The third kappa shape index (κ3) is 3.96. The summed E-state index contributed by atoms with van der Waals surface area (Å²) < 4.78 is 50.9. The predicted octanol–water partition coefficient (Wildman–Crippen LogP) is 2.66. The summed E-state index contributed by atoms with van der Waals surface area (Å²) in [6, 6.07) is 2.36. The van der Waals surface area contributed by atoms with E-state index in [2.05, 4.69) is 0 Å². The molecule has 0 fully saturated rings. The Labute approximate surface area is 103 Å². The van der Waals surface area contributed by atoms with Crippen LogP contribution in [0, 0.1) is 5.82 Å². The van der Waals surface area contributed by atoms with E-state index in [0.717, 1.165) is 18.2 Å². The first-order valence-electron chi connectivity index (χ1n) is 5.57. The summed E-state index contributed by atoms with van der Waals surface area (Å²) in [6.07, 6.45) is -4.48. The van der Waals surface area contributed by atoms with Crippen LogP contribution >= 0.6 is 0 Å². The van der Waals surface area contributed by atoms with Crippen LogP contribution in [-0.2, 0) is 12.7 Å². The molecule has 0 spiro atoms. The maximum atomic E-state index is 13.4. The third-order valence-electron chi connectivity index (χ3n) is 2.63. The van der Waals surface area contributed by atoms with E-state index < -0.39 is 17.6 Å². The molecule has 0 atom stereocenters. The molecule has 0 unspecified atom stereocenters. The molecule has 1 aromatic rings. The van der Waals surface area contributed by atoms with Gasteiger partial charge in [-0.15, -0.1) is 0 Å². The second-order valence-corrected chi connectivity index (χ2v) is 3.90. The maximum Gasteiger partial charge on any atom is 0.416 e. The minimum absolute atomic E-state index is 0.0138. The number of likely N-dealkylation sites (N-methyl/N-ethyl adjacent to an activating group) is 1. The van der Waals surface area contributed by atoms with Crippen LogP contribution in [0.5, 0.6) is 0 Å². The van der Waals surface area contributed by atoms with Crippen LogP contribution in [0.4, 0.5) is 17.6 Å². The number of hydrogen-bond acceptors (Lipinski definition) is 2. The van der Waals surface area contributed by atoms with Gasteiger partial charge in [0, 0.05) is 18.7 Å². The summed E-state index contributed by atoms with van der Waals surface area (Å²) in [7, 11) is 0. The lowest BCUT2D eigenvalue weighted by molar-refractivity contribution is -0.137. The van der Waals surface area contributed by atoms with E-state index in [1.165, 1.54) is 0 Å². The van der Waals surface area contributed by atoms with E-state index in [0.29, 0.717) is 13.1 Å². The van der Waals surface area contributed by atoms with Crippen molar-refractivity contribution in [2.24, 2.45) is 0 Å². The topological polar surface area (TPSA) is 23.5 Å². The number of aliphatic hydroxyl groups excluding tert-OH is 1. The lowest BCUT2D eigenvalue weighted by Gasteiger charge is -2.20. The molecule has 1 aromatic carbocycles. The molecule has 0 aliphatic carbocycles. The highest BCUT2D eigenvalue weighted by Gasteiger charge is 2.31. The number of hydrogen-bond donors (Lipinski definition) is 1. The Morgan fingerprint density at radius 2 is 1.94 bits per heavy atom. The molecule has 6 heteroatoms. The van der Waals surface area contributed by atoms with Gasteiger partial charge in [-0.05, 0) is 24.7 Å². The fraction of sp³-hybridized carbons (Fsp3) is 0.500. The Balaban J connectivity index is 2.93. The molecule has 18 heavy (non-hydrogen) atoms. The first-order valence-corrected chi connectivity index (χ1v) is 5.57. The highest BCUT2D eigenvalue weighted by Crippen LogP contribution is 2.30. The average molecular weight is 265 g/mol. The Kier molecular flexibility index (Phi) is 5.10. The van der Waals surface area contributed by atoms with Crippen LogP contribution in [0.3, 0.4) is 0 Å². The van der Waals surface area contributed by atoms with Gasteiger partial charge in [-0.1, -0.05) is 6.92 Å². The summed E-state index contributed by atoms with van der Waals surface area (Å²) in [4.78, 5) is 1.67. The normalized spacial score (nSPS) is 12.2. The highest BCUT2D eigenvalue weighted by atomic mass is 19.4. The van der Waals surface area contributed by atoms with Crippen molar-refractivity contribution >= 4 is 0 Å². The van der Waals surface area contributed by atoms with Gasteiger partial charge in [-0.3, -0.25) is 4.90 Å². The molecule has 2 nitrogen and oxygen atoms in total. The molecular formula is C12H15F4NO. The molecule has 0 bridgehead atoms. The number of halogens is 4. The molecule has 102 valence electrons. The molecule has 0 aliphatic rings. The first kappa shape index (κ1) is 14.9. The van der Waals surface area contributed by atoms with Gasteiger partial charge in [-0.25, -0.2) is 4.39 Å². The van der Waals surface area contributed by atoms with Gasteiger partial charge >= 0.3 is 6.18 Å². The SMILES string of the molecule is CCN(CCO)Cc1cc(C(F)(F)F)ccc1F. The number of alkyl halides is 3. The van der Waals surface area contributed by atoms with Gasteiger partial charge in [0.2, 0.25) is 0 Å². The Morgan fingerprint density at radius 1 is 1.28 bits per heavy atom. The van der Waals surface area contributed by atoms with Gasteiger partial charge < -0.3 is 5.11 Å². The molecule has 0 amide bonds. The van der Waals surface area contributed by atoms with Crippen molar-refractivity contribution in [3.8, 4) is 0 Å². The van der Waals surface area contributed by atoms with E-state index in [1.54, 1.807) is 11.8 Å². The second-order valence-electron chi connectivity index (χ2n) is 3.90. The second kappa shape index (κ2) is 6.15. The van der Waals surface area contributed by atoms with E-state index >= 15 is 0 Å². The summed E-state index contributed by atoms with van der Waals surface area (Å²) >= 11 is 0. The van der Waals surface area contributed by atoms with Crippen molar-refractivity contribution in [1.29, 1.82) is 0 Å². The van der Waals surface area contributed by atoms with Crippen LogP contribution in [0.15, 0.2) is 18.2 Å². The first-order chi connectivity index (χ1) is 8.38. The summed E-state index contributed by atoms with van der Waals surface area (Å²) in [5, 5.41) is 8.78. The Morgan fingerprint density at radius 3 is 2.44 bits per heavy atom. The van der Waals surface area contributed by atoms with E-state index in [-0.39, 0.29) is 18.7 Å². The van der Waals surface area contributed by atoms with Crippen LogP contribution in [-0.4, -0.2) is 29.7 Å². The maximum absolute atomic E-state index is 13.4. The smallest absolute Gasteiger partial charge is 0.395 e. The zero-order valence-corrected chi connectivity index (χ0v) is 9.97. The molecule has 0 saturated carbocycles. The lowest BCUT2D eigenvalue weighted by atomic mass is 10.1. The lowest BCUT2D eigenvalue weighted by Crippen LogP contribution is -2.26. The molecule has 1 rings (SSSR count). The largest absolute Gasteiger partial charge is 0.416 e. The van der Waals surface area contributed by atoms with Gasteiger partial charge in [0.25, 0.3) is 0 Å². The van der Waals surface area contributed by atoms with Crippen molar-refractivity contribution in [2.45, 2.75) is 19.6 Å².